The predicted octanol–water partition coefficient (Wildman–Crippen LogP) is 2.19. The summed E-state index contributed by atoms with van der Waals surface area (Å²) in [4.78, 5) is 12.1. The molecule has 1 heterocycles. The molecule has 3 rings (SSSR count). The average molecular weight is 374 g/mol. The van der Waals surface area contributed by atoms with Gasteiger partial charge in [0.15, 0.2) is 0 Å². The number of ether oxygens (including phenoxy) is 1. The van der Waals surface area contributed by atoms with Crippen LogP contribution in [-0.2, 0) is 23.0 Å². The molecule has 0 unspecified atom stereocenters. The van der Waals surface area contributed by atoms with E-state index in [9.17, 15) is 13.2 Å². The minimum absolute atomic E-state index is 0.0168. The first-order chi connectivity index (χ1) is 12.5. The highest BCUT2D eigenvalue weighted by atomic mass is 32.2. The van der Waals surface area contributed by atoms with Crippen molar-refractivity contribution in [2.24, 2.45) is 0 Å². The average Bonchev–Trinajstić information content (AvgIpc) is 2.67. The second kappa shape index (κ2) is 7.47. The molecule has 0 bridgehead atoms. The minimum atomic E-state index is -3.79. The lowest BCUT2D eigenvalue weighted by atomic mass is 10.0. The first-order valence-corrected chi connectivity index (χ1v) is 9.94. The number of hydrogen-bond donors (Lipinski definition) is 1. The third-order valence-corrected chi connectivity index (χ3v) is 6.34. The van der Waals surface area contributed by atoms with Gasteiger partial charge in [-0.1, -0.05) is 24.3 Å². The summed E-state index contributed by atoms with van der Waals surface area (Å²) in [6.45, 7) is 2.99. The van der Waals surface area contributed by atoms with E-state index in [4.69, 9.17) is 4.74 Å². The molecule has 0 radical (unpaired) electrons. The SMILES string of the molecule is CCNC(=O)c1ccc(OC)c(S(=O)(=O)N2CCc3ccccc3C2)c1. The van der Waals surface area contributed by atoms with Crippen molar-refractivity contribution in [2.45, 2.75) is 24.8 Å². The summed E-state index contributed by atoms with van der Waals surface area (Å²) < 4.78 is 33.1. The number of amides is 1. The Morgan fingerprint density at radius 1 is 1.19 bits per heavy atom. The lowest BCUT2D eigenvalue weighted by Crippen LogP contribution is -2.36. The lowest BCUT2D eigenvalue weighted by molar-refractivity contribution is 0.0955. The second-order valence-corrected chi connectivity index (χ2v) is 7.99. The molecule has 26 heavy (non-hydrogen) atoms. The van der Waals surface area contributed by atoms with Gasteiger partial charge in [-0.25, -0.2) is 8.42 Å². The highest BCUT2D eigenvalue weighted by Crippen LogP contribution is 2.31. The third-order valence-electron chi connectivity index (χ3n) is 4.48. The Bertz CT molecular complexity index is 925. The molecule has 0 aliphatic carbocycles. The molecule has 0 atom stereocenters. The Labute approximate surface area is 153 Å². The Kier molecular flexibility index (Phi) is 5.29. The summed E-state index contributed by atoms with van der Waals surface area (Å²) in [6, 6.07) is 12.3. The number of sulfonamides is 1. The Morgan fingerprint density at radius 2 is 1.92 bits per heavy atom. The van der Waals surface area contributed by atoms with E-state index in [0.29, 0.717) is 31.6 Å². The molecule has 6 nitrogen and oxygen atoms in total. The number of carbonyl (C=O) groups excluding carboxylic acids is 1. The van der Waals surface area contributed by atoms with Crippen LogP contribution >= 0.6 is 0 Å². The van der Waals surface area contributed by atoms with E-state index in [1.165, 1.54) is 29.1 Å². The van der Waals surface area contributed by atoms with Crippen molar-refractivity contribution in [1.29, 1.82) is 0 Å². The molecule has 138 valence electrons. The summed E-state index contributed by atoms with van der Waals surface area (Å²) in [5.41, 5.74) is 2.46. The molecule has 2 aromatic rings. The third kappa shape index (κ3) is 3.45. The number of nitrogens with one attached hydrogen (secondary N) is 1. The normalized spacial score (nSPS) is 14.5. The van der Waals surface area contributed by atoms with Gasteiger partial charge in [0.05, 0.1) is 7.11 Å². The monoisotopic (exact) mass is 374 g/mol. The standard InChI is InChI=1S/C19H22N2O4S/c1-3-20-19(22)15-8-9-17(25-2)18(12-15)26(23,24)21-11-10-14-6-4-5-7-16(14)13-21/h4-9,12H,3,10-11,13H2,1-2H3,(H,20,22). The molecule has 1 amide bonds. The van der Waals surface area contributed by atoms with E-state index in [2.05, 4.69) is 5.32 Å². The van der Waals surface area contributed by atoms with Crippen LogP contribution in [0.15, 0.2) is 47.4 Å². The summed E-state index contributed by atoms with van der Waals surface area (Å²) in [5, 5.41) is 2.68. The number of hydrogen-bond acceptors (Lipinski definition) is 4. The van der Waals surface area contributed by atoms with E-state index in [1.807, 2.05) is 31.2 Å². The first kappa shape index (κ1) is 18.4. The number of methoxy groups -OCH3 is 1. The molecule has 0 aromatic heterocycles. The highest BCUT2D eigenvalue weighted by molar-refractivity contribution is 7.89. The molecule has 2 aromatic carbocycles. The van der Waals surface area contributed by atoms with Crippen molar-refractivity contribution in [3.63, 3.8) is 0 Å². The van der Waals surface area contributed by atoms with Crippen molar-refractivity contribution >= 4 is 15.9 Å². The van der Waals surface area contributed by atoms with Gasteiger partial charge in [0, 0.05) is 25.2 Å². The van der Waals surface area contributed by atoms with Crippen LogP contribution in [-0.4, -0.2) is 38.8 Å². The summed E-state index contributed by atoms with van der Waals surface area (Å²) >= 11 is 0. The van der Waals surface area contributed by atoms with Gasteiger partial charge in [-0.05, 0) is 42.7 Å². The number of benzene rings is 2. The van der Waals surface area contributed by atoms with Crippen LogP contribution in [0.25, 0.3) is 0 Å². The van der Waals surface area contributed by atoms with Gasteiger partial charge >= 0.3 is 0 Å². The fraction of sp³-hybridized carbons (Fsp3) is 0.316. The molecule has 0 fully saturated rings. The fourth-order valence-corrected chi connectivity index (χ4v) is 4.70. The van der Waals surface area contributed by atoms with Crippen LogP contribution in [0.2, 0.25) is 0 Å². The van der Waals surface area contributed by atoms with Crippen molar-refractivity contribution in [3.8, 4) is 5.75 Å². The topological polar surface area (TPSA) is 75.7 Å². The van der Waals surface area contributed by atoms with E-state index >= 15 is 0 Å². The Balaban J connectivity index is 1.98. The van der Waals surface area contributed by atoms with Crippen molar-refractivity contribution in [2.75, 3.05) is 20.2 Å². The number of nitrogens with zero attached hydrogens (tertiary/aromatic N) is 1. The number of carbonyl (C=O) groups is 1. The van der Waals surface area contributed by atoms with Gasteiger partial charge in [0.25, 0.3) is 5.91 Å². The maximum atomic E-state index is 13.2. The van der Waals surface area contributed by atoms with Crippen molar-refractivity contribution in [1.82, 2.24) is 9.62 Å². The zero-order valence-corrected chi connectivity index (χ0v) is 15.7. The maximum absolute atomic E-state index is 13.2. The smallest absolute Gasteiger partial charge is 0.251 e. The molecular weight excluding hydrogens is 352 g/mol. The molecule has 0 saturated carbocycles. The lowest BCUT2D eigenvalue weighted by Gasteiger charge is -2.28. The van der Waals surface area contributed by atoms with Crippen LogP contribution < -0.4 is 10.1 Å². The molecular formula is C19H22N2O4S. The van der Waals surface area contributed by atoms with E-state index in [0.717, 1.165) is 5.56 Å². The molecule has 0 spiro atoms. The van der Waals surface area contributed by atoms with Crippen LogP contribution in [0.1, 0.15) is 28.4 Å². The van der Waals surface area contributed by atoms with Crippen LogP contribution in [0.3, 0.4) is 0 Å². The minimum Gasteiger partial charge on any atom is -0.495 e. The maximum Gasteiger partial charge on any atom is 0.251 e. The van der Waals surface area contributed by atoms with E-state index in [1.54, 1.807) is 6.07 Å². The molecule has 1 aliphatic rings. The fourth-order valence-electron chi connectivity index (χ4n) is 3.10. The van der Waals surface area contributed by atoms with E-state index in [-0.39, 0.29) is 16.6 Å². The van der Waals surface area contributed by atoms with Gasteiger partial charge in [-0.3, -0.25) is 4.79 Å². The zero-order chi connectivity index (χ0) is 18.7. The molecule has 1 N–H and O–H groups in total. The number of fused-ring (bicyclic) bond motifs is 1. The zero-order valence-electron chi connectivity index (χ0n) is 14.9. The number of rotatable bonds is 5. The quantitative estimate of drug-likeness (QED) is 0.870. The molecule has 1 aliphatic heterocycles. The highest BCUT2D eigenvalue weighted by Gasteiger charge is 2.31. The van der Waals surface area contributed by atoms with Gasteiger partial charge in [0.1, 0.15) is 10.6 Å². The van der Waals surface area contributed by atoms with Gasteiger partial charge in [-0.15, -0.1) is 0 Å². The summed E-state index contributed by atoms with van der Waals surface area (Å²) in [5.74, 6) is -0.0764. The van der Waals surface area contributed by atoms with Crippen LogP contribution in [0.5, 0.6) is 5.75 Å². The van der Waals surface area contributed by atoms with Gasteiger partial charge in [0.2, 0.25) is 10.0 Å². The summed E-state index contributed by atoms with van der Waals surface area (Å²) in [6.07, 6.45) is 0.660. The first-order valence-electron chi connectivity index (χ1n) is 8.50. The van der Waals surface area contributed by atoms with Crippen molar-refractivity contribution < 1.29 is 17.9 Å². The largest absolute Gasteiger partial charge is 0.495 e. The van der Waals surface area contributed by atoms with Gasteiger partial charge in [-0.2, -0.15) is 4.31 Å². The Morgan fingerprint density at radius 3 is 2.62 bits per heavy atom. The Hall–Kier alpha value is -2.38. The second-order valence-electron chi connectivity index (χ2n) is 6.08. The van der Waals surface area contributed by atoms with E-state index < -0.39 is 10.0 Å². The predicted molar refractivity (Wildman–Crippen MR) is 98.7 cm³/mol. The molecule has 0 saturated heterocycles. The van der Waals surface area contributed by atoms with Gasteiger partial charge < -0.3 is 10.1 Å². The van der Waals surface area contributed by atoms with Crippen LogP contribution in [0.4, 0.5) is 0 Å². The van der Waals surface area contributed by atoms with Crippen LogP contribution in [0, 0.1) is 0 Å². The van der Waals surface area contributed by atoms with Crippen molar-refractivity contribution in [3.05, 3.63) is 59.2 Å². The molecule has 7 heteroatoms. The summed E-state index contributed by atoms with van der Waals surface area (Å²) in [7, 11) is -2.37.